The first kappa shape index (κ1) is 20.1. The fourth-order valence-corrected chi connectivity index (χ4v) is 3.87. The highest BCUT2D eigenvalue weighted by molar-refractivity contribution is 7.22. The number of aromatic nitrogens is 2. The topological polar surface area (TPSA) is 75.1 Å². The molecule has 0 aliphatic carbocycles. The maximum atomic E-state index is 14.4. The van der Waals surface area contributed by atoms with Gasteiger partial charge in [-0.05, 0) is 42.8 Å². The highest BCUT2D eigenvalue weighted by atomic mass is 32.1. The summed E-state index contributed by atoms with van der Waals surface area (Å²) in [4.78, 5) is 20.9. The second kappa shape index (κ2) is 8.25. The van der Waals surface area contributed by atoms with Gasteiger partial charge in [0.2, 0.25) is 0 Å². The van der Waals surface area contributed by atoms with Crippen LogP contribution in [0.15, 0.2) is 54.7 Å². The molecule has 2 N–H and O–H groups in total. The van der Waals surface area contributed by atoms with E-state index < -0.39 is 11.9 Å². The maximum Gasteiger partial charge on any atom is 0.257 e. The van der Waals surface area contributed by atoms with Gasteiger partial charge in [0, 0.05) is 22.9 Å². The van der Waals surface area contributed by atoms with Gasteiger partial charge in [-0.1, -0.05) is 30.4 Å². The number of aliphatic hydroxyl groups is 1. The molecule has 4 rings (SSSR count). The lowest BCUT2D eigenvalue weighted by Crippen LogP contribution is -2.11. The van der Waals surface area contributed by atoms with Gasteiger partial charge >= 0.3 is 0 Å². The number of pyridine rings is 1. The largest absolute Gasteiger partial charge is 0.388 e. The minimum Gasteiger partial charge on any atom is -0.388 e. The van der Waals surface area contributed by atoms with Crippen LogP contribution in [-0.2, 0) is 0 Å². The SMILES string of the molecule is CC[C@@H](O)c1cnc(-c2ccc(C(=O)Nc3nc4ccc(F)cc4s3)cc2)c(F)c1. The lowest BCUT2D eigenvalue weighted by atomic mass is 10.0. The molecule has 30 heavy (non-hydrogen) atoms. The normalized spacial score (nSPS) is 12.1. The third-order valence-corrected chi connectivity index (χ3v) is 5.56. The molecule has 2 aromatic carbocycles. The van der Waals surface area contributed by atoms with Gasteiger partial charge in [-0.3, -0.25) is 15.1 Å². The zero-order chi connectivity index (χ0) is 21.3. The van der Waals surface area contributed by atoms with Gasteiger partial charge in [-0.25, -0.2) is 13.8 Å². The molecule has 0 radical (unpaired) electrons. The smallest absolute Gasteiger partial charge is 0.257 e. The molecule has 0 fully saturated rings. The summed E-state index contributed by atoms with van der Waals surface area (Å²) in [5.41, 5.74) is 2.04. The average molecular weight is 425 g/mol. The van der Waals surface area contributed by atoms with Crippen LogP contribution in [0.5, 0.6) is 0 Å². The summed E-state index contributed by atoms with van der Waals surface area (Å²) in [6, 6.07) is 11.8. The molecule has 0 bridgehead atoms. The Balaban J connectivity index is 1.52. The first-order chi connectivity index (χ1) is 14.4. The molecule has 0 saturated carbocycles. The minimum absolute atomic E-state index is 0.141. The van der Waals surface area contributed by atoms with Crippen LogP contribution in [0.3, 0.4) is 0 Å². The molecule has 152 valence electrons. The standard InChI is InChI=1S/C22H17F2N3O2S/c1-2-18(28)14-9-16(24)20(25-11-14)12-3-5-13(6-4-12)21(29)27-22-26-17-8-7-15(23)10-19(17)30-22/h3-11,18,28H,2H2,1H3,(H,26,27,29)/t18-/m1/s1. The number of aliphatic hydroxyl groups excluding tert-OH is 1. The van der Waals surface area contributed by atoms with Crippen molar-refractivity contribution in [2.45, 2.75) is 19.4 Å². The second-order valence-corrected chi connectivity index (χ2v) is 7.72. The summed E-state index contributed by atoms with van der Waals surface area (Å²) >= 11 is 1.18. The van der Waals surface area contributed by atoms with E-state index in [-0.39, 0.29) is 17.4 Å². The molecule has 2 aromatic heterocycles. The first-order valence-electron chi connectivity index (χ1n) is 9.26. The fraction of sp³-hybridized carbons (Fsp3) is 0.136. The van der Waals surface area contributed by atoms with Crippen molar-refractivity contribution in [1.82, 2.24) is 9.97 Å². The third kappa shape index (κ3) is 4.05. The number of amides is 1. The second-order valence-electron chi connectivity index (χ2n) is 6.69. The summed E-state index contributed by atoms with van der Waals surface area (Å²) in [6.07, 6.45) is 1.16. The van der Waals surface area contributed by atoms with Crippen molar-refractivity contribution in [2.24, 2.45) is 0 Å². The number of carbonyl (C=O) groups is 1. The molecular formula is C22H17F2N3O2S. The van der Waals surface area contributed by atoms with Crippen molar-refractivity contribution in [3.63, 3.8) is 0 Å². The third-order valence-electron chi connectivity index (χ3n) is 4.63. The van der Waals surface area contributed by atoms with Gasteiger partial charge in [-0.2, -0.15) is 0 Å². The van der Waals surface area contributed by atoms with E-state index in [1.165, 1.54) is 35.7 Å². The summed E-state index contributed by atoms with van der Waals surface area (Å²) in [7, 11) is 0. The number of nitrogens with one attached hydrogen (secondary N) is 1. The Morgan fingerprint density at radius 2 is 1.93 bits per heavy atom. The van der Waals surface area contributed by atoms with Crippen LogP contribution in [0.25, 0.3) is 21.5 Å². The Kier molecular flexibility index (Phi) is 5.52. The van der Waals surface area contributed by atoms with E-state index >= 15 is 0 Å². The highest BCUT2D eigenvalue weighted by Crippen LogP contribution is 2.28. The molecule has 0 saturated heterocycles. The Hall–Kier alpha value is -3.23. The van der Waals surface area contributed by atoms with E-state index in [0.29, 0.717) is 38.5 Å². The predicted octanol–water partition coefficient (Wildman–Crippen LogP) is 5.33. The van der Waals surface area contributed by atoms with Crippen LogP contribution in [-0.4, -0.2) is 21.0 Å². The number of halogens is 2. The van der Waals surface area contributed by atoms with E-state index in [1.54, 1.807) is 37.3 Å². The van der Waals surface area contributed by atoms with Crippen LogP contribution in [0.4, 0.5) is 13.9 Å². The first-order valence-corrected chi connectivity index (χ1v) is 10.1. The van der Waals surface area contributed by atoms with E-state index in [9.17, 15) is 18.7 Å². The van der Waals surface area contributed by atoms with Crippen LogP contribution in [0, 0.1) is 11.6 Å². The molecule has 0 aliphatic heterocycles. The Morgan fingerprint density at radius 3 is 2.63 bits per heavy atom. The number of hydrogen-bond donors (Lipinski definition) is 2. The van der Waals surface area contributed by atoms with Gasteiger partial charge < -0.3 is 5.11 Å². The van der Waals surface area contributed by atoms with Gasteiger partial charge in [0.1, 0.15) is 17.3 Å². The summed E-state index contributed by atoms with van der Waals surface area (Å²) < 4.78 is 28.4. The zero-order valence-electron chi connectivity index (χ0n) is 15.9. The highest BCUT2D eigenvalue weighted by Gasteiger charge is 2.14. The molecule has 8 heteroatoms. The van der Waals surface area contributed by atoms with Crippen LogP contribution < -0.4 is 5.32 Å². The molecule has 2 heterocycles. The Morgan fingerprint density at radius 1 is 1.17 bits per heavy atom. The number of fused-ring (bicyclic) bond motifs is 1. The van der Waals surface area contributed by atoms with E-state index in [2.05, 4.69) is 15.3 Å². The monoisotopic (exact) mass is 425 g/mol. The van der Waals surface area contributed by atoms with E-state index in [0.717, 1.165) is 0 Å². The predicted molar refractivity (Wildman–Crippen MR) is 112 cm³/mol. The molecule has 4 aromatic rings. The Bertz CT molecular complexity index is 1230. The molecule has 0 aliphatic rings. The summed E-state index contributed by atoms with van der Waals surface area (Å²) in [5, 5.41) is 12.9. The molecule has 1 atom stereocenters. The minimum atomic E-state index is -0.758. The van der Waals surface area contributed by atoms with Crippen LogP contribution in [0.2, 0.25) is 0 Å². The van der Waals surface area contributed by atoms with Gasteiger partial charge in [0.25, 0.3) is 5.91 Å². The van der Waals surface area contributed by atoms with Crippen molar-refractivity contribution in [3.05, 3.63) is 77.5 Å². The zero-order valence-corrected chi connectivity index (χ0v) is 16.7. The number of benzene rings is 2. The summed E-state index contributed by atoms with van der Waals surface area (Å²) in [5.74, 6) is -1.28. The van der Waals surface area contributed by atoms with E-state index in [1.807, 2.05) is 0 Å². The number of thiazole rings is 1. The maximum absolute atomic E-state index is 14.4. The van der Waals surface area contributed by atoms with Crippen molar-refractivity contribution in [2.75, 3.05) is 5.32 Å². The number of rotatable bonds is 5. The molecule has 0 spiro atoms. The number of carbonyl (C=O) groups excluding carboxylic acids is 1. The van der Waals surface area contributed by atoms with Gasteiger partial charge in [0.05, 0.1) is 16.3 Å². The number of anilines is 1. The van der Waals surface area contributed by atoms with Gasteiger partial charge in [0.15, 0.2) is 5.13 Å². The lowest BCUT2D eigenvalue weighted by Gasteiger charge is -2.10. The Labute approximate surface area is 175 Å². The fourth-order valence-electron chi connectivity index (χ4n) is 2.98. The quantitative estimate of drug-likeness (QED) is 0.453. The van der Waals surface area contributed by atoms with Crippen LogP contribution in [0.1, 0.15) is 35.4 Å². The van der Waals surface area contributed by atoms with Crippen LogP contribution >= 0.6 is 11.3 Å². The average Bonchev–Trinajstić information content (AvgIpc) is 3.14. The number of hydrogen-bond acceptors (Lipinski definition) is 5. The van der Waals surface area contributed by atoms with Crippen molar-refractivity contribution < 1.29 is 18.7 Å². The summed E-state index contributed by atoms with van der Waals surface area (Å²) in [6.45, 7) is 1.80. The lowest BCUT2D eigenvalue weighted by molar-refractivity contribution is 0.102. The van der Waals surface area contributed by atoms with Crippen molar-refractivity contribution in [3.8, 4) is 11.3 Å². The van der Waals surface area contributed by atoms with Gasteiger partial charge in [-0.15, -0.1) is 0 Å². The van der Waals surface area contributed by atoms with Crippen molar-refractivity contribution >= 4 is 32.6 Å². The number of nitrogens with zero attached hydrogens (tertiary/aromatic N) is 2. The molecule has 0 unspecified atom stereocenters. The van der Waals surface area contributed by atoms with E-state index in [4.69, 9.17) is 0 Å². The molecular weight excluding hydrogens is 408 g/mol. The molecule has 5 nitrogen and oxygen atoms in total. The van der Waals surface area contributed by atoms with Crippen molar-refractivity contribution in [1.29, 1.82) is 0 Å². The molecule has 1 amide bonds.